The number of aliphatic hydroxyl groups is 1. The molecular formula is C17H23NO2S. The van der Waals surface area contributed by atoms with Crippen molar-refractivity contribution in [3.05, 3.63) is 21.9 Å². The Morgan fingerprint density at radius 1 is 1.48 bits per heavy atom. The summed E-state index contributed by atoms with van der Waals surface area (Å²) in [6, 6.07) is 2.02. The zero-order chi connectivity index (χ0) is 15.1. The lowest BCUT2D eigenvalue weighted by Gasteiger charge is -2.25. The second-order valence-electron chi connectivity index (χ2n) is 5.60. The fraction of sp³-hybridized carbons (Fsp3) is 0.588. The number of thiophene rings is 1. The van der Waals surface area contributed by atoms with Gasteiger partial charge in [0, 0.05) is 27.7 Å². The maximum Gasteiger partial charge on any atom is 0.226 e. The second kappa shape index (κ2) is 7.63. The van der Waals surface area contributed by atoms with Gasteiger partial charge >= 0.3 is 0 Å². The first-order chi connectivity index (χ1) is 10.2. The lowest BCUT2D eigenvalue weighted by Crippen LogP contribution is -2.38. The Bertz CT molecular complexity index is 532. The van der Waals surface area contributed by atoms with Crippen LogP contribution >= 0.6 is 11.3 Å². The Balaban J connectivity index is 1.88. The summed E-state index contributed by atoms with van der Waals surface area (Å²) in [6.07, 6.45) is 5.83. The largest absolute Gasteiger partial charge is 0.395 e. The van der Waals surface area contributed by atoms with Crippen LogP contribution in [0.25, 0.3) is 0 Å². The first kappa shape index (κ1) is 16.1. The topological polar surface area (TPSA) is 49.3 Å². The van der Waals surface area contributed by atoms with E-state index in [2.05, 4.69) is 24.1 Å². The van der Waals surface area contributed by atoms with E-state index in [1.165, 1.54) is 12.8 Å². The van der Waals surface area contributed by atoms with Crippen molar-refractivity contribution >= 4 is 17.2 Å². The highest BCUT2D eigenvalue weighted by molar-refractivity contribution is 7.10. The van der Waals surface area contributed by atoms with Crippen molar-refractivity contribution in [3.8, 4) is 11.8 Å². The molecule has 0 aliphatic heterocycles. The van der Waals surface area contributed by atoms with Crippen LogP contribution in [0.2, 0.25) is 0 Å². The number of amides is 1. The lowest BCUT2D eigenvalue weighted by atomic mass is 9.82. The van der Waals surface area contributed by atoms with Crippen LogP contribution in [0.15, 0.2) is 11.4 Å². The second-order valence-corrected chi connectivity index (χ2v) is 6.60. The van der Waals surface area contributed by atoms with Gasteiger partial charge in [-0.05, 0) is 25.3 Å². The maximum atomic E-state index is 12.4. The minimum absolute atomic E-state index is 0.0964. The van der Waals surface area contributed by atoms with Crippen LogP contribution in [-0.4, -0.2) is 17.6 Å². The van der Waals surface area contributed by atoms with E-state index < -0.39 is 0 Å². The zero-order valence-corrected chi connectivity index (χ0v) is 13.4. The molecule has 1 aromatic rings. The van der Waals surface area contributed by atoms with Crippen LogP contribution in [-0.2, 0) is 11.3 Å². The minimum Gasteiger partial charge on any atom is -0.395 e. The van der Waals surface area contributed by atoms with Crippen molar-refractivity contribution in [3.63, 3.8) is 0 Å². The molecule has 21 heavy (non-hydrogen) atoms. The molecule has 0 saturated heterocycles. The van der Waals surface area contributed by atoms with Crippen molar-refractivity contribution in [2.45, 2.75) is 52.0 Å². The molecule has 0 aromatic carbocycles. The molecular weight excluding hydrogens is 282 g/mol. The number of carbonyl (C=O) groups is 1. The number of carbonyl (C=O) groups excluding carboxylic acids is 1. The van der Waals surface area contributed by atoms with Gasteiger partial charge in [-0.2, -0.15) is 0 Å². The third kappa shape index (κ3) is 4.09. The van der Waals surface area contributed by atoms with E-state index >= 15 is 0 Å². The monoisotopic (exact) mass is 305 g/mol. The summed E-state index contributed by atoms with van der Waals surface area (Å²) in [5.41, 5.74) is 0.838. The predicted octanol–water partition coefficient (Wildman–Crippen LogP) is 3.07. The van der Waals surface area contributed by atoms with Gasteiger partial charge in [0.1, 0.15) is 0 Å². The number of rotatable bonds is 5. The zero-order valence-electron chi connectivity index (χ0n) is 12.6. The molecule has 1 fully saturated rings. The molecule has 2 N–H and O–H groups in total. The fourth-order valence-corrected chi connectivity index (χ4v) is 3.66. The van der Waals surface area contributed by atoms with Gasteiger partial charge in [0.15, 0.2) is 0 Å². The smallest absolute Gasteiger partial charge is 0.226 e. The standard InChI is InChI=1S/C17H23NO2S/c1-2-17(8-4-5-9-17)16(20)18-12-15-11-14(13-21-15)7-3-6-10-19/h11,13,19H,2,4-6,8-10,12H2,1H3,(H,18,20). The molecule has 1 aliphatic carbocycles. The van der Waals surface area contributed by atoms with Crippen LogP contribution in [0.5, 0.6) is 0 Å². The van der Waals surface area contributed by atoms with Crippen molar-refractivity contribution in [2.24, 2.45) is 5.41 Å². The van der Waals surface area contributed by atoms with Crippen LogP contribution in [0, 0.1) is 17.3 Å². The molecule has 0 spiro atoms. The normalized spacial score (nSPS) is 16.3. The molecule has 1 amide bonds. The molecule has 1 aromatic heterocycles. The molecule has 0 bridgehead atoms. The van der Waals surface area contributed by atoms with Gasteiger partial charge in [-0.1, -0.05) is 31.6 Å². The highest BCUT2D eigenvalue weighted by Crippen LogP contribution is 2.41. The van der Waals surface area contributed by atoms with E-state index in [1.807, 2.05) is 11.4 Å². The van der Waals surface area contributed by atoms with E-state index in [1.54, 1.807) is 11.3 Å². The average Bonchev–Trinajstić information content (AvgIpc) is 3.15. The molecule has 4 heteroatoms. The summed E-state index contributed by atoms with van der Waals surface area (Å²) in [5, 5.41) is 13.8. The van der Waals surface area contributed by atoms with Crippen molar-refractivity contribution in [2.75, 3.05) is 6.61 Å². The molecule has 3 nitrogen and oxygen atoms in total. The molecule has 0 atom stereocenters. The summed E-state index contributed by atoms with van der Waals surface area (Å²) in [4.78, 5) is 13.6. The van der Waals surface area contributed by atoms with Gasteiger partial charge in [0.2, 0.25) is 5.91 Å². The number of hydrogen-bond donors (Lipinski definition) is 2. The average molecular weight is 305 g/mol. The van der Waals surface area contributed by atoms with E-state index in [0.29, 0.717) is 13.0 Å². The number of nitrogens with one attached hydrogen (secondary N) is 1. The van der Waals surface area contributed by atoms with E-state index in [-0.39, 0.29) is 17.9 Å². The minimum atomic E-state index is -0.124. The van der Waals surface area contributed by atoms with Crippen LogP contribution < -0.4 is 5.32 Å². The Morgan fingerprint density at radius 3 is 2.90 bits per heavy atom. The highest BCUT2D eigenvalue weighted by Gasteiger charge is 2.38. The fourth-order valence-electron chi connectivity index (χ4n) is 2.91. The lowest BCUT2D eigenvalue weighted by molar-refractivity contribution is -0.131. The third-order valence-corrected chi connectivity index (χ3v) is 5.20. The van der Waals surface area contributed by atoms with Gasteiger partial charge in [-0.15, -0.1) is 11.3 Å². The Labute approximate surface area is 130 Å². The molecule has 2 rings (SSSR count). The Hall–Kier alpha value is -1.31. The van der Waals surface area contributed by atoms with Crippen molar-refractivity contribution < 1.29 is 9.90 Å². The number of hydrogen-bond acceptors (Lipinski definition) is 3. The Kier molecular flexibility index (Phi) is 5.84. The molecule has 0 unspecified atom stereocenters. The quantitative estimate of drug-likeness (QED) is 0.821. The SMILES string of the molecule is CCC1(C(=O)NCc2cc(C#CCCO)cs2)CCCC1. The van der Waals surface area contributed by atoms with E-state index in [0.717, 1.165) is 29.7 Å². The van der Waals surface area contributed by atoms with E-state index in [4.69, 9.17) is 5.11 Å². The van der Waals surface area contributed by atoms with Crippen LogP contribution in [0.1, 0.15) is 55.9 Å². The summed E-state index contributed by atoms with van der Waals surface area (Å²) >= 11 is 1.62. The maximum absolute atomic E-state index is 12.4. The van der Waals surface area contributed by atoms with Crippen LogP contribution in [0.3, 0.4) is 0 Å². The molecule has 1 aliphatic rings. The third-order valence-electron chi connectivity index (χ3n) is 4.27. The highest BCUT2D eigenvalue weighted by atomic mass is 32.1. The summed E-state index contributed by atoms with van der Waals surface area (Å²) < 4.78 is 0. The van der Waals surface area contributed by atoms with E-state index in [9.17, 15) is 4.79 Å². The van der Waals surface area contributed by atoms with Gasteiger partial charge in [-0.3, -0.25) is 4.79 Å². The molecule has 1 heterocycles. The molecule has 114 valence electrons. The predicted molar refractivity (Wildman–Crippen MR) is 85.9 cm³/mol. The van der Waals surface area contributed by atoms with Crippen molar-refractivity contribution in [1.29, 1.82) is 0 Å². The van der Waals surface area contributed by atoms with Crippen LogP contribution in [0.4, 0.5) is 0 Å². The summed E-state index contributed by atoms with van der Waals surface area (Å²) in [7, 11) is 0. The molecule has 0 radical (unpaired) electrons. The van der Waals surface area contributed by atoms with Gasteiger partial charge < -0.3 is 10.4 Å². The summed E-state index contributed by atoms with van der Waals surface area (Å²) in [5.74, 6) is 6.14. The van der Waals surface area contributed by atoms with Gasteiger partial charge in [0.25, 0.3) is 0 Å². The number of aliphatic hydroxyl groups excluding tert-OH is 1. The van der Waals surface area contributed by atoms with Gasteiger partial charge in [-0.25, -0.2) is 0 Å². The first-order valence-corrected chi connectivity index (χ1v) is 8.53. The first-order valence-electron chi connectivity index (χ1n) is 7.65. The van der Waals surface area contributed by atoms with Crippen molar-refractivity contribution in [1.82, 2.24) is 5.32 Å². The van der Waals surface area contributed by atoms with Gasteiger partial charge in [0.05, 0.1) is 13.2 Å². The summed E-state index contributed by atoms with van der Waals surface area (Å²) in [6.45, 7) is 2.80. The Morgan fingerprint density at radius 2 is 2.24 bits per heavy atom. The molecule has 1 saturated carbocycles.